The lowest BCUT2D eigenvalue weighted by Gasteiger charge is -2.33. The Morgan fingerprint density at radius 3 is 1.23 bits per heavy atom. The minimum absolute atomic E-state index is 0.0289. The fraction of sp³-hybridized carbons (Fsp3) is 0.889. The molecule has 22 heavy (non-hydrogen) atoms. The number of rotatable bonds is 6. The van der Waals surface area contributed by atoms with Crippen LogP contribution in [-0.4, -0.2) is 22.2 Å². The van der Waals surface area contributed by atoms with Gasteiger partial charge in [0, 0.05) is 0 Å². The Kier molecular flexibility index (Phi) is 7.37. The molecule has 2 N–H and O–H groups in total. The molecule has 0 aromatic rings. The molecule has 2 aliphatic rings. The second kappa shape index (κ2) is 8.54. The fourth-order valence-electron chi connectivity index (χ4n) is 3.59. The van der Waals surface area contributed by atoms with E-state index in [4.69, 9.17) is 10.2 Å². The van der Waals surface area contributed by atoms with Crippen LogP contribution in [0.3, 0.4) is 0 Å². The largest absolute Gasteiger partial charge is 0.481 e. The van der Waals surface area contributed by atoms with Gasteiger partial charge in [0.15, 0.2) is 0 Å². The molecular formula is C18H32O4. The lowest BCUT2D eigenvalue weighted by atomic mass is 9.71. The van der Waals surface area contributed by atoms with E-state index in [1.807, 2.05) is 0 Å². The highest BCUT2D eigenvalue weighted by Crippen LogP contribution is 2.38. The predicted molar refractivity (Wildman–Crippen MR) is 86.6 cm³/mol. The summed E-state index contributed by atoms with van der Waals surface area (Å²) in [5.41, 5.74) is 0. The van der Waals surface area contributed by atoms with E-state index in [1.165, 1.54) is 12.8 Å². The Hall–Kier alpha value is -1.06. The molecule has 128 valence electrons. The quantitative estimate of drug-likeness (QED) is 0.767. The molecule has 2 fully saturated rings. The topological polar surface area (TPSA) is 74.6 Å². The molecule has 2 aliphatic carbocycles. The first kappa shape index (κ1) is 19.0. The maximum absolute atomic E-state index is 10.4. The summed E-state index contributed by atoms with van der Waals surface area (Å²) < 4.78 is 0. The van der Waals surface area contributed by atoms with Crippen molar-refractivity contribution in [2.45, 2.75) is 66.2 Å². The van der Waals surface area contributed by atoms with Crippen molar-refractivity contribution < 1.29 is 19.8 Å². The highest BCUT2D eigenvalue weighted by Gasteiger charge is 2.34. The van der Waals surface area contributed by atoms with Crippen LogP contribution >= 0.6 is 0 Å². The Labute approximate surface area is 134 Å². The maximum Gasteiger partial charge on any atom is 0.306 e. The van der Waals surface area contributed by atoms with Crippen molar-refractivity contribution in [2.24, 2.45) is 35.5 Å². The zero-order valence-corrected chi connectivity index (χ0v) is 14.4. The highest BCUT2D eigenvalue weighted by molar-refractivity contribution is 5.71. The molecule has 0 spiro atoms. The normalized spacial score (nSPS) is 30.1. The molecule has 0 radical (unpaired) electrons. The highest BCUT2D eigenvalue weighted by atomic mass is 16.4. The third-order valence-corrected chi connectivity index (χ3v) is 4.78. The van der Waals surface area contributed by atoms with Crippen molar-refractivity contribution in [3.63, 3.8) is 0 Å². The molecule has 2 saturated carbocycles. The van der Waals surface area contributed by atoms with Crippen LogP contribution in [0, 0.1) is 35.5 Å². The van der Waals surface area contributed by atoms with E-state index in [1.54, 1.807) is 0 Å². The zero-order chi connectivity index (χ0) is 16.9. The Bertz CT molecular complexity index is 327. The van der Waals surface area contributed by atoms with Gasteiger partial charge >= 0.3 is 11.9 Å². The van der Waals surface area contributed by atoms with Crippen molar-refractivity contribution in [2.75, 3.05) is 0 Å². The van der Waals surface area contributed by atoms with Crippen LogP contribution in [0.5, 0.6) is 0 Å². The summed E-state index contributed by atoms with van der Waals surface area (Å²) in [6.45, 7) is 8.75. The molecule has 0 atom stereocenters. The lowest BCUT2D eigenvalue weighted by Crippen LogP contribution is -2.30. The van der Waals surface area contributed by atoms with Gasteiger partial charge < -0.3 is 10.2 Å². The molecule has 4 heteroatoms. The van der Waals surface area contributed by atoms with Crippen LogP contribution < -0.4 is 0 Å². The molecule has 0 bridgehead atoms. The first-order valence-corrected chi connectivity index (χ1v) is 8.64. The predicted octanol–water partition coefficient (Wildman–Crippen LogP) is 4.29. The van der Waals surface area contributed by atoms with Crippen LogP contribution in [0.15, 0.2) is 0 Å². The summed E-state index contributed by atoms with van der Waals surface area (Å²) in [6, 6.07) is 0. The van der Waals surface area contributed by atoms with Gasteiger partial charge in [-0.1, -0.05) is 27.7 Å². The van der Waals surface area contributed by atoms with Gasteiger partial charge in [-0.05, 0) is 62.2 Å². The first-order chi connectivity index (χ1) is 10.2. The third-order valence-electron chi connectivity index (χ3n) is 4.78. The second-order valence-corrected chi connectivity index (χ2v) is 8.00. The number of hydrogen-bond acceptors (Lipinski definition) is 2. The van der Waals surface area contributed by atoms with E-state index in [0.29, 0.717) is 11.8 Å². The van der Waals surface area contributed by atoms with Crippen LogP contribution in [0.1, 0.15) is 66.2 Å². The number of hydrogen-bond donors (Lipinski definition) is 2. The SMILES string of the molecule is CC(C)CC1CC(C(=O)O)C1.CC(C)CC1CC(C(=O)O)C1. The summed E-state index contributed by atoms with van der Waals surface area (Å²) in [4.78, 5) is 20.8. The summed E-state index contributed by atoms with van der Waals surface area (Å²) >= 11 is 0. The monoisotopic (exact) mass is 312 g/mol. The average Bonchev–Trinajstić information content (AvgIpc) is 2.26. The standard InChI is InChI=1S/2C9H16O2/c2*1-6(2)3-7-4-8(5-7)9(10)11/h2*6-8H,3-5H2,1-2H3,(H,10,11). The van der Waals surface area contributed by atoms with E-state index in [2.05, 4.69) is 27.7 Å². The molecule has 0 unspecified atom stereocenters. The Morgan fingerprint density at radius 1 is 0.773 bits per heavy atom. The first-order valence-electron chi connectivity index (χ1n) is 8.64. The summed E-state index contributed by atoms with van der Waals surface area (Å²) in [5.74, 6) is 1.55. The van der Waals surface area contributed by atoms with Crippen LogP contribution in [0.25, 0.3) is 0 Å². The molecular weight excluding hydrogens is 280 g/mol. The van der Waals surface area contributed by atoms with E-state index in [-0.39, 0.29) is 11.8 Å². The van der Waals surface area contributed by atoms with Crippen molar-refractivity contribution in [1.29, 1.82) is 0 Å². The van der Waals surface area contributed by atoms with Crippen molar-refractivity contribution >= 4 is 11.9 Å². The summed E-state index contributed by atoms with van der Waals surface area (Å²) in [6.07, 6.45) is 6.04. The number of carbonyl (C=O) groups is 2. The number of carboxylic acid groups (broad SMARTS) is 2. The van der Waals surface area contributed by atoms with Gasteiger partial charge in [-0.3, -0.25) is 9.59 Å². The van der Waals surface area contributed by atoms with Crippen molar-refractivity contribution in [1.82, 2.24) is 0 Å². The van der Waals surface area contributed by atoms with Gasteiger partial charge in [0.25, 0.3) is 0 Å². The third kappa shape index (κ3) is 6.37. The van der Waals surface area contributed by atoms with E-state index < -0.39 is 11.9 Å². The minimum atomic E-state index is -0.606. The fourth-order valence-corrected chi connectivity index (χ4v) is 3.59. The minimum Gasteiger partial charge on any atom is -0.481 e. The molecule has 0 amide bonds. The second-order valence-electron chi connectivity index (χ2n) is 8.00. The van der Waals surface area contributed by atoms with Crippen LogP contribution in [0.4, 0.5) is 0 Å². The molecule has 0 aromatic carbocycles. The zero-order valence-electron chi connectivity index (χ0n) is 14.4. The van der Waals surface area contributed by atoms with E-state index in [0.717, 1.165) is 37.5 Å². The summed E-state index contributed by atoms with van der Waals surface area (Å²) in [7, 11) is 0. The average molecular weight is 312 g/mol. The molecule has 4 nitrogen and oxygen atoms in total. The van der Waals surface area contributed by atoms with Crippen molar-refractivity contribution in [3.05, 3.63) is 0 Å². The van der Waals surface area contributed by atoms with Gasteiger partial charge in [0.05, 0.1) is 11.8 Å². The number of carboxylic acids is 2. The maximum atomic E-state index is 10.4. The van der Waals surface area contributed by atoms with E-state index >= 15 is 0 Å². The van der Waals surface area contributed by atoms with Crippen molar-refractivity contribution in [3.8, 4) is 0 Å². The van der Waals surface area contributed by atoms with Gasteiger partial charge in [0.1, 0.15) is 0 Å². The lowest BCUT2D eigenvalue weighted by molar-refractivity contribution is -0.147. The van der Waals surface area contributed by atoms with Crippen LogP contribution in [-0.2, 0) is 9.59 Å². The van der Waals surface area contributed by atoms with Gasteiger partial charge in [-0.25, -0.2) is 0 Å². The smallest absolute Gasteiger partial charge is 0.306 e. The molecule has 0 aliphatic heterocycles. The molecule has 0 saturated heterocycles. The van der Waals surface area contributed by atoms with Gasteiger partial charge in [0.2, 0.25) is 0 Å². The molecule has 0 heterocycles. The van der Waals surface area contributed by atoms with Crippen LogP contribution in [0.2, 0.25) is 0 Å². The summed E-state index contributed by atoms with van der Waals surface area (Å²) in [5, 5.41) is 17.2. The Morgan fingerprint density at radius 2 is 1.05 bits per heavy atom. The van der Waals surface area contributed by atoms with Gasteiger partial charge in [-0.2, -0.15) is 0 Å². The number of aliphatic carboxylic acids is 2. The van der Waals surface area contributed by atoms with Gasteiger partial charge in [-0.15, -0.1) is 0 Å². The Balaban J connectivity index is 0.000000220. The molecule has 2 rings (SSSR count). The molecule has 0 aromatic heterocycles. The van der Waals surface area contributed by atoms with E-state index in [9.17, 15) is 9.59 Å².